The second-order valence-electron chi connectivity index (χ2n) is 8.01. The third kappa shape index (κ3) is 4.64. The van der Waals surface area contributed by atoms with Crippen LogP contribution in [0.25, 0.3) is 11.3 Å². The second-order valence-corrected chi connectivity index (χ2v) is 8.95. The monoisotopic (exact) mass is 446 g/mol. The molecular formula is C25H26N4O2S. The number of hydrogen-bond acceptors (Lipinski definition) is 5. The minimum absolute atomic E-state index is 0.00820. The zero-order valence-electron chi connectivity index (χ0n) is 17.9. The Kier molecular flexibility index (Phi) is 6.36. The van der Waals surface area contributed by atoms with E-state index >= 15 is 0 Å². The lowest BCUT2D eigenvalue weighted by molar-refractivity contribution is -0.127. The minimum Gasteiger partial charge on any atom is -0.376 e. The molecule has 1 atom stereocenters. The molecule has 1 aromatic heterocycles. The van der Waals surface area contributed by atoms with Crippen LogP contribution in [0, 0.1) is 0 Å². The highest BCUT2D eigenvalue weighted by Crippen LogP contribution is 2.28. The molecule has 1 fully saturated rings. The Hall–Kier alpha value is -2.90. The largest absolute Gasteiger partial charge is 0.376 e. The van der Waals surface area contributed by atoms with E-state index in [-0.39, 0.29) is 12.0 Å². The maximum Gasteiger partial charge on any atom is 0.253 e. The van der Waals surface area contributed by atoms with E-state index in [1.807, 2.05) is 54.7 Å². The first-order chi connectivity index (χ1) is 15.8. The Morgan fingerprint density at radius 3 is 2.53 bits per heavy atom. The summed E-state index contributed by atoms with van der Waals surface area (Å²) in [6, 6.07) is 20.3. The number of carbonyl (C=O) groups excluding carboxylic acids is 1. The van der Waals surface area contributed by atoms with Crippen molar-refractivity contribution < 1.29 is 9.53 Å². The van der Waals surface area contributed by atoms with Gasteiger partial charge in [0.05, 0.1) is 42.5 Å². The molecule has 32 heavy (non-hydrogen) atoms. The Morgan fingerprint density at radius 1 is 1.06 bits per heavy atom. The van der Waals surface area contributed by atoms with Gasteiger partial charge in [-0.3, -0.25) is 4.79 Å². The molecule has 1 unspecified atom stereocenters. The highest BCUT2D eigenvalue weighted by Gasteiger charge is 2.24. The van der Waals surface area contributed by atoms with Crippen LogP contribution in [0.1, 0.15) is 24.8 Å². The topological polar surface area (TPSA) is 59.7 Å². The Labute approximate surface area is 192 Å². The van der Waals surface area contributed by atoms with E-state index in [1.54, 1.807) is 5.01 Å². The van der Waals surface area contributed by atoms with Gasteiger partial charge in [0.1, 0.15) is 0 Å². The van der Waals surface area contributed by atoms with Crippen LogP contribution in [0.3, 0.4) is 0 Å². The van der Waals surface area contributed by atoms with Gasteiger partial charge in [0.15, 0.2) is 5.16 Å². The molecule has 3 heterocycles. The van der Waals surface area contributed by atoms with Crippen molar-refractivity contribution in [3.63, 3.8) is 0 Å². The highest BCUT2D eigenvalue weighted by molar-refractivity contribution is 7.99. The second kappa shape index (κ2) is 9.71. The highest BCUT2D eigenvalue weighted by atomic mass is 32.2. The van der Waals surface area contributed by atoms with Crippen LogP contribution in [-0.2, 0) is 16.1 Å². The molecule has 0 saturated carbocycles. The number of imidazole rings is 1. The molecule has 2 aliphatic heterocycles. The molecule has 2 aliphatic rings. The maximum absolute atomic E-state index is 12.9. The number of nitrogens with zero attached hydrogens (tertiary/aromatic N) is 4. The molecule has 0 bridgehead atoms. The third-order valence-electron chi connectivity index (χ3n) is 5.82. The zero-order valence-corrected chi connectivity index (χ0v) is 18.7. The lowest BCUT2D eigenvalue weighted by Gasteiger charge is -2.16. The van der Waals surface area contributed by atoms with Crippen LogP contribution in [0.5, 0.6) is 0 Å². The number of hydrogen-bond donors (Lipinski definition) is 0. The molecule has 3 aromatic rings. The summed E-state index contributed by atoms with van der Waals surface area (Å²) in [6.45, 7) is 2.20. The van der Waals surface area contributed by atoms with Crippen molar-refractivity contribution in [1.29, 1.82) is 0 Å². The molecule has 1 saturated heterocycles. The number of hydrazone groups is 1. The van der Waals surface area contributed by atoms with E-state index < -0.39 is 0 Å². The fourth-order valence-electron chi connectivity index (χ4n) is 4.15. The fraction of sp³-hybridized carbons (Fsp3) is 0.320. The van der Waals surface area contributed by atoms with E-state index in [0.717, 1.165) is 60.1 Å². The number of rotatable bonds is 7. The average molecular weight is 447 g/mol. The van der Waals surface area contributed by atoms with Crippen LogP contribution in [0.2, 0.25) is 0 Å². The van der Waals surface area contributed by atoms with E-state index in [4.69, 9.17) is 4.74 Å². The third-order valence-corrected chi connectivity index (χ3v) is 6.80. The van der Waals surface area contributed by atoms with Gasteiger partial charge in [-0.05, 0) is 24.0 Å². The maximum atomic E-state index is 12.9. The normalized spacial score (nSPS) is 18.2. The van der Waals surface area contributed by atoms with Gasteiger partial charge >= 0.3 is 0 Å². The molecule has 7 heteroatoms. The van der Waals surface area contributed by atoms with E-state index in [0.29, 0.717) is 12.3 Å². The van der Waals surface area contributed by atoms with Crippen LogP contribution in [0.4, 0.5) is 0 Å². The average Bonchev–Trinajstić information content (AvgIpc) is 3.61. The predicted molar refractivity (Wildman–Crippen MR) is 127 cm³/mol. The fourth-order valence-corrected chi connectivity index (χ4v) is 5.01. The van der Waals surface area contributed by atoms with Gasteiger partial charge in [-0.15, -0.1) is 0 Å². The number of aromatic nitrogens is 2. The first kappa shape index (κ1) is 21.0. The lowest BCUT2D eigenvalue weighted by Crippen LogP contribution is -2.25. The summed E-state index contributed by atoms with van der Waals surface area (Å²) in [4.78, 5) is 17.5. The standard InChI is InChI=1S/C25H26N4O2S/c30-24(29-14-13-22(27-29)19-8-3-1-4-9-19)18-32-25-26-16-23(20-10-5-2-6-11-20)28(25)17-21-12-7-15-31-21/h1-6,8-11,16,21H,7,12-15,17-18H2. The Bertz CT molecular complexity index is 1090. The van der Waals surface area contributed by atoms with Crippen molar-refractivity contribution >= 4 is 23.4 Å². The first-order valence-electron chi connectivity index (χ1n) is 11.1. The van der Waals surface area contributed by atoms with Crippen molar-refractivity contribution in [2.45, 2.75) is 37.1 Å². The molecule has 2 aromatic carbocycles. The van der Waals surface area contributed by atoms with Gasteiger partial charge in [0.2, 0.25) is 0 Å². The summed E-state index contributed by atoms with van der Waals surface area (Å²) in [5.74, 6) is 0.316. The quantitative estimate of drug-likeness (QED) is 0.503. The van der Waals surface area contributed by atoms with Gasteiger partial charge in [-0.2, -0.15) is 5.10 Å². The van der Waals surface area contributed by atoms with Gasteiger partial charge in [-0.1, -0.05) is 72.4 Å². The van der Waals surface area contributed by atoms with Crippen LogP contribution in [-0.4, -0.2) is 51.2 Å². The number of thioether (sulfide) groups is 1. The summed E-state index contributed by atoms with van der Waals surface area (Å²) in [5.41, 5.74) is 4.22. The summed E-state index contributed by atoms with van der Waals surface area (Å²) in [5, 5.41) is 7.01. The Balaban J connectivity index is 1.30. The number of carbonyl (C=O) groups is 1. The molecule has 6 nitrogen and oxygen atoms in total. The van der Waals surface area contributed by atoms with Crippen molar-refractivity contribution in [2.75, 3.05) is 18.9 Å². The van der Waals surface area contributed by atoms with Gasteiger partial charge in [0, 0.05) is 13.0 Å². The van der Waals surface area contributed by atoms with Crippen LogP contribution in [0.15, 0.2) is 77.1 Å². The van der Waals surface area contributed by atoms with Gasteiger partial charge in [-0.25, -0.2) is 9.99 Å². The molecule has 164 valence electrons. The van der Waals surface area contributed by atoms with Crippen molar-refractivity contribution in [3.05, 3.63) is 72.4 Å². The van der Waals surface area contributed by atoms with E-state index in [1.165, 1.54) is 11.8 Å². The summed E-state index contributed by atoms with van der Waals surface area (Å²) < 4.78 is 8.08. The van der Waals surface area contributed by atoms with Crippen LogP contribution >= 0.6 is 11.8 Å². The molecule has 0 spiro atoms. The zero-order chi connectivity index (χ0) is 21.8. The molecule has 0 aliphatic carbocycles. The SMILES string of the molecule is O=C(CSc1ncc(-c2ccccc2)n1CC1CCCO1)N1CCC(c2ccccc2)=N1. The predicted octanol–water partition coefficient (Wildman–Crippen LogP) is 4.46. The van der Waals surface area contributed by atoms with Crippen molar-refractivity contribution in [1.82, 2.24) is 14.6 Å². The van der Waals surface area contributed by atoms with Gasteiger partial charge in [0.25, 0.3) is 5.91 Å². The minimum atomic E-state index is 0.00820. The molecular weight excluding hydrogens is 420 g/mol. The summed E-state index contributed by atoms with van der Waals surface area (Å²) >= 11 is 1.47. The lowest BCUT2D eigenvalue weighted by atomic mass is 10.1. The van der Waals surface area contributed by atoms with Gasteiger partial charge < -0.3 is 9.30 Å². The summed E-state index contributed by atoms with van der Waals surface area (Å²) in [7, 11) is 0. The number of ether oxygens (including phenoxy) is 1. The number of benzene rings is 2. The molecule has 1 amide bonds. The summed E-state index contributed by atoms with van der Waals surface area (Å²) in [6.07, 6.45) is 5.03. The van der Waals surface area contributed by atoms with Crippen molar-refractivity contribution in [3.8, 4) is 11.3 Å². The molecule has 5 rings (SSSR count). The van der Waals surface area contributed by atoms with E-state index in [2.05, 4.69) is 26.8 Å². The van der Waals surface area contributed by atoms with Crippen molar-refractivity contribution in [2.24, 2.45) is 5.10 Å². The van der Waals surface area contributed by atoms with Crippen LogP contribution < -0.4 is 0 Å². The number of amides is 1. The molecule has 0 N–H and O–H groups in total. The smallest absolute Gasteiger partial charge is 0.253 e. The Morgan fingerprint density at radius 2 is 1.81 bits per heavy atom. The first-order valence-corrected chi connectivity index (χ1v) is 12.0. The molecule has 0 radical (unpaired) electrons. The van der Waals surface area contributed by atoms with E-state index in [9.17, 15) is 4.79 Å².